The molecule has 9 nitrogen and oxygen atoms in total. The minimum Gasteiger partial charge on any atom is -0.330 e. The predicted molar refractivity (Wildman–Crippen MR) is 120 cm³/mol. The van der Waals surface area contributed by atoms with Crippen molar-refractivity contribution in [3.8, 4) is 0 Å². The second kappa shape index (κ2) is 9.26. The summed E-state index contributed by atoms with van der Waals surface area (Å²) in [5, 5.41) is 14.6. The fourth-order valence-electron chi connectivity index (χ4n) is 2.55. The molecule has 2 aromatic heterocycles. The number of nitrogens with zero attached hydrogens (tertiary/aromatic N) is 4. The number of aromatic nitrogens is 4. The zero-order chi connectivity index (χ0) is 21.8. The first-order valence-corrected chi connectivity index (χ1v) is 10.9. The van der Waals surface area contributed by atoms with Gasteiger partial charge in [-0.1, -0.05) is 49.1 Å². The second-order valence-electron chi connectivity index (χ2n) is 6.88. The summed E-state index contributed by atoms with van der Waals surface area (Å²) in [6, 6.07) is 9.33. The van der Waals surface area contributed by atoms with Crippen LogP contribution in [0.15, 0.2) is 44.3 Å². The number of carbonyl (C=O) groups is 1. The van der Waals surface area contributed by atoms with Gasteiger partial charge in [-0.05, 0) is 23.6 Å². The maximum atomic E-state index is 12.2. The van der Waals surface area contributed by atoms with E-state index in [9.17, 15) is 14.4 Å². The molecule has 0 aliphatic carbocycles. The number of anilines is 3. The zero-order valence-electron chi connectivity index (χ0n) is 17.0. The maximum absolute atomic E-state index is 12.2. The van der Waals surface area contributed by atoms with Crippen LogP contribution < -0.4 is 21.9 Å². The molecule has 3 rings (SSSR count). The summed E-state index contributed by atoms with van der Waals surface area (Å²) in [6.45, 7) is 4.29. The van der Waals surface area contributed by atoms with Crippen LogP contribution in [-0.2, 0) is 18.9 Å². The van der Waals surface area contributed by atoms with Crippen molar-refractivity contribution in [1.82, 2.24) is 19.3 Å². The number of nitrogens with one attached hydrogen (secondary N) is 2. The van der Waals surface area contributed by atoms with E-state index in [1.54, 1.807) is 0 Å². The summed E-state index contributed by atoms with van der Waals surface area (Å²) >= 11 is 2.56. The van der Waals surface area contributed by atoms with Gasteiger partial charge < -0.3 is 10.6 Å². The van der Waals surface area contributed by atoms with E-state index in [0.717, 1.165) is 10.3 Å². The summed E-state index contributed by atoms with van der Waals surface area (Å²) in [5.41, 5.74) is 1.18. The topological polar surface area (TPSA) is 111 Å². The van der Waals surface area contributed by atoms with Crippen molar-refractivity contribution >= 4 is 45.6 Å². The lowest BCUT2D eigenvalue weighted by molar-refractivity contribution is -0.113. The van der Waals surface area contributed by atoms with E-state index in [-0.39, 0.29) is 17.5 Å². The number of benzene rings is 1. The molecular formula is C19H22N6O3S2. The van der Waals surface area contributed by atoms with Crippen LogP contribution in [0, 0.1) is 0 Å². The maximum Gasteiger partial charge on any atom is 0.332 e. The lowest BCUT2D eigenvalue weighted by Gasteiger charge is -2.10. The van der Waals surface area contributed by atoms with E-state index >= 15 is 0 Å². The molecule has 0 fully saturated rings. The molecule has 0 radical (unpaired) electrons. The molecule has 0 atom stereocenters. The largest absolute Gasteiger partial charge is 0.332 e. The Morgan fingerprint density at radius 3 is 2.50 bits per heavy atom. The van der Waals surface area contributed by atoms with Gasteiger partial charge in [0, 0.05) is 25.8 Å². The predicted octanol–water partition coefficient (Wildman–Crippen LogP) is 2.53. The van der Waals surface area contributed by atoms with Crippen LogP contribution >= 0.6 is 23.1 Å². The van der Waals surface area contributed by atoms with Gasteiger partial charge in [-0.25, -0.2) is 4.79 Å². The standard InChI is InChI=1S/C19H22N6O3S2/c1-11(2)12-5-7-13(8-6-12)20-17-22-23-18(30-17)29-10-15(26)21-14-9-16(27)25(4)19(28)24(14)3/h5-9,11H,10H2,1-4H3,(H,20,22)(H,21,26). The summed E-state index contributed by atoms with van der Waals surface area (Å²) in [7, 11) is 2.87. The summed E-state index contributed by atoms with van der Waals surface area (Å²) in [5.74, 6) is 0.340. The smallest absolute Gasteiger partial charge is 0.330 e. The van der Waals surface area contributed by atoms with Crippen molar-refractivity contribution in [3.05, 3.63) is 56.7 Å². The van der Waals surface area contributed by atoms with Crippen molar-refractivity contribution in [2.45, 2.75) is 24.1 Å². The Morgan fingerprint density at radius 1 is 1.13 bits per heavy atom. The molecule has 30 heavy (non-hydrogen) atoms. The molecule has 0 saturated heterocycles. The number of carbonyl (C=O) groups excluding carboxylic acids is 1. The Bertz CT molecular complexity index is 1160. The highest BCUT2D eigenvalue weighted by Crippen LogP contribution is 2.28. The summed E-state index contributed by atoms with van der Waals surface area (Å²) < 4.78 is 2.81. The van der Waals surface area contributed by atoms with Gasteiger partial charge in [0.25, 0.3) is 5.56 Å². The van der Waals surface area contributed by atoms with Gasteiger partial charge in [0.15, 0.2) is 4.34 Å². The molecule has 0 unspecified atom stereocenters. The van der Waals surface area contributed by atoms with Crippen molar-refractivity contribution in [1.29, 1.82) is 0 Å². The Morgan fingerprint density at radius 2 is 1.83 bits per heavy atom. The van der Waals surface area contributed by atoms with Gasteiger partial charge in [0.2, 0.25) is 11.0 Å². The van der Waals surface area contributed by atoms with Gasteiger partial charge in [0.1, 0.15) is 5.82 Å². The van der Waals surface area contributed by atoms with Crippen LogP contribution in [0.2, 0.25) is 0 Å². The number of hydrogen-bond donors (Lipinski definition) is 2. The van der Waals surface area contributed by atoms with E-state index in [0.29, 0.717) is 15.4 Å². The molecule has 158 valence electrons. The van der Waals surface area contributed by atoms with Gasteiger partial charge in [0.05, 0.1) is 5.75 Å². The quantitative estimate of drug-likeness (QED) is 0.537. The van der Waals surface area contributed by atoms with Crippen LogP contribution in [0.3, 0.4) is 0 Å². The highest BCUT2D eigenvalue weighted by molar-refractivity contribution is 8.01. The molecule has 0 aliphatic heterocycles. The minimum atomic E-state index is -0.508. The molecule has 0 saturated carbocycles. The van der Waals surface area contributed by atoms with E-state index in [4.69, 9.17) is 0 Å². The molecule has 0 aliphatic rings. The van der Waals surface area contributed by atoms with Gasteiger partial charge in [-0.3, -0.25) is 18.7 Å². The van der Waals surface area contributed by atoms with Crippen molar-refractivity contribution in [3.63, 3.8) is 0 Å². The van der Waals surface area contributed by atoms with Crippen LogP contribution in [-0.4, -0.2) is 31.0 Å². The Hall–Kier alpha value is -2.92. The Kier molecular flexibility index (Phi) is 6.73. The lowest BCUT2D eigenvalue weighted by atomic mass is 10.0. The highest BCUT2D eigenvalue weighted by atomic mass is 32.2. The SMILES string of the molecule is CC(C)c1ccc(Nc2nnc(SCC(=O)Nc3cc(=O)n(C)c(=O)n3C)s2)cc1. The number of hydrogen-bond acceptors (Lipinski definition) is 8. The van der Waals surface area contributed by atoms with E-state index in [1.165, 1.54) is 53.4 Å². The molecular weight excluding hydrogens is 424 g/mol. The fraction of sp³-hybridized carbons (Fsp3) is 0.316. The molecule has 0 bridgehead atoms. The number of amides is 1. The molecule has 1 amide bonds. The molecule has 3 aromatic rings. The summed E-state index contributed by atoms with van der Waals surface area (Å²) in [6.07, 6.45) is 0. The number of thioether (sulfide) groups is 1. The first-order chi connectivity index (χ1) is 14.2. The van der Waals surface area contributed by atoms with Crippen molar-refractivity contribution in [2.75, 3.05) is 16.4 Å². The van der Waals surface area contributed by atoms with E-state index in [2.05, 4.69) is 46.8 Å². The third-order valence-electron chi connectivity index (χ3n) is 4.36. The normalized spacial score (nSPS) is 11.0. The molecule has 2 heterocycles. The molecule has 2 N–H and O–H groups in total. The summed E-state index contributed by atoms with van der Waals surface area (Å²) in [4.78, 5) is 35.9. The van der Waals surface area contributed by atoms with Gasteiger partial charge in [-0.2, -0.15) is 0 Å². The first kappa shape index (κ1) is 21.8. The van der Waals surface area contributed by atoms with Crippen molar-refractivity contribution < 1.29 is 4.79 Å². The monoisotopic (exact) mass is 446 g/mol. The van der Waals surface area contributed by atoms with Gasteiger partial charge >= 0.3 is 5.69 Å². The second-order valence-corrected chi connectivity index (χ2v) is 9.08. The van der Waals surface area contributed by atoms with Crippen LogP contribution in [0.25, 0.3) is 0 Å². The first-order valence-electron chi connectivity index (χ1n) is 9.15. The highest BCUT2D eigenvalue weighted by Gasteiger charge is 2.12. The lowest BCUT2D eigenvalue weighted by Crippen LogP contribution is -2.38. The molecule has 0 spiro atoms. The average molecular weight is 447 g/mol. The average Bonchev–Trinajstić information content (AvgIpc) is 3.16. The Labute approximate surface area is 181 Å². The van der Waals surface area contributed by atoms with Crippen molar-refractivity contribution in [2.24, 2.45) is 14.1 Å². The van der Waals surface area contributed by atoms with Gasteiger partial charge in [-0.15, -0.1) is 10.2 Å². The Balaban J connectivity index is 1.57. The minimum absolute atomic E-state index is 0.0706. The van der Waals surface area contributed by atoms with Crippen LogP contribution in [0.1, 0.15) is 25.3 Å². The molecule has 1 aromatic carbocycles. The number of rotatable bonds is 7. The fourth-order valence-corrected chi connectivity index (χ4v) is 4.12. The van der Waals surface area contributed by atoms with E-state index < -0.39 is 11.2 Å². The third-order valence-corrected chi connectivity index (χ3v) is 6.33. The third kappa shape index (κ3) is 5.16. The molecule has 11 heteroatoms. The zero-order valence-corrected chi connectivity index (χ0v) is 18.6. The van der Waals surface area contributed by atoms with E-state index in [1.807, 2.05) is 12.1 Å². The van der Waals surface area contributed by atoms with Crippen LogP contribution in [0.4, 0.5) is 16.6 Å². The van der Waals surface area contributed by atoms with Crippen LogP contribution in [0.5, 0.6) is 0 Å².